The summed E-state index contributed by atoms with van der Waals surface area (Å²) in [5.41, 5.74) is 1.22. The van der Waals surface area contributed by atoms with E-state index in [1.165, 1.54) is 25.3 Å². The molecule has 2 aromatic carbocycles. The lowest BCUT2D eigenvalue weighted by Gasteiger charge is -2.12. The van der Waals surface area contributed by atoms with Crippen molar-refractivity contribution in [2.75, 3.05) is 24.4 Å². The Morgan fingerprint density at radius 2 is 1.89 bits per heavy atom. The van der Waals surface area contributed by atoms with Gasteiger partial charge in [0.2, 0.25) is 0 Å². The summed E-state index contributed by atoms with van der Waals surface area (Å²) in [7, 11) is 1.35. The number of amides is 2. The summed E-state index contributed by atoms with van der Waals surface area (Å²) in [4.78, 5) is 35.8. The number of benzene rings is 2. The molecule has 3 N–H and O–H groups in total. The second-order valence-corrected chi connectivity index (χ2v) is 6.25. The number of anilines is 2. The predicted octanol–water partition coefficient (Wildman–Crippen LogP) is 2.76. The van der Waals surface area contributed by atoms with Crippen LogP contribution in [-0.4, -0.2) is 42.7 Å². The number of aromatic carboxylic acids is 1. The number of carbonyl (C=O) groups is 3. The highest BCUT2D eigenvalue weighted by molar-refractivity contribution is 6.06. The molecule has 8 nitrogen and oxygen atoms in total. The normalized spacial score (nSPS) is 15.7. The van der Waals surface area contributed by atoms with E-state index in [0.717, 1.165) is 6.42 Å². The van der Waals surface area contributed by atoms with Crippen molar-refractivity contribution < 1.29 is 29.0 Å². The van der Waals surface area contributed by atoms with Gasteiger partial charge in [-0.05, 0) is 43.2 Å². The molecule has 28 heavy (non-hydrogen) atoms. The van der Waals surface area contributed by atoms with E-state index in [1.54, 1.807) is 24.3 Å². The van der Waals surface area contributed by atoms with Gasteiger partial charge in [0.1, 0.15) is 17.4 Å². The molecule has 1 heterocycles. The van der Waals surface area contributed by atoms with Crippen LogP contribution in [0.1, 0.15) is 33.6 Å². The molecular formula is C20H20N2O6. The van der Waals surface area contributed by atoms with E-state index >= 15 is 0 Å². The lowest BCUT2D eigenvalue weighted by molar-refractivity contribution is -0.124. The molecule has 1 aliphatic heterocycles. The van der Waals surface area contributed by atoms with Crippen LogP contribution in [0.2, 0.25) is 0 Å². The van der Waals surface area contributed by atoms with E-state index in [0.29, 0.717) is 30.0 Å². The van der Waals surface area contributed by atoms with Crippen molar-refractivity contribution in [1.82, 2.24) is 0 Å². The van der Waals surface area contributed by atoms with Gasteiger partial charge in [0.05, 0.1) is 7.11 Å². The van der Waals surface area contributed by atoms with Crippen LogP contribution in [0.5, 0.6) is 5.75 Å². The zero-order valence-electron chi connectivity index (χ0n) is 15.2. The van der Waals surface area contributed by atoms with Gasteiger partial charge in [-0.1, -0.05) is 6.07 Å². The van der Waals surface area contributed by atoms with E-state index in [1.807, 2.05) is 0 Å². The van der Waals surface area contributed by atoms with Crippen LogP contribution in [0.3, 0.4) is 0 Å². The summed E-state index contributed by atoms with van der Waals surface area (Å²) in [5, 5.41) is 14.6. The minimum atomic E-state index is -1.12. The zero-order valence-corrected chi connectivity index (χ0v) is 15.2. The van der Waals surface area contributed by atoms with Crippen LogP contribution in [0.25, 0.3) is 0 Å². The summed E-state index contributed by atoms with van der Waals surface area (Å²) in [6.45, 7) is 0.574. The van der Waals surface area contributed by atoms with Gasteiger partial charge >= 0.3 is 5.97 Å². The van der Waals surface area contributed by atoms with Crippen LogP contribution >= 0.6 is 0 Å². The molecule has 0 aliphatic carbocycles. The van der Waals surface area contributed by atoms with Crippen molar-refractivity contribution >= 4 is 29.2 Å². The van der Waals surface area contributed by atoms with Crippen LogP contribution in [0.4, 0.5) is 11.4 Å². The van der Waals surface area contributed by atoms with Gasteiger partial charge in [-0.15, -0.1) is 0 Å². The molecule has 1 unspecified atom stereocenters. The molecule has 8 heteroatoms. The van der Waals surface area contributed by atoms with Crippen LogP contribution < -0.4 is 15.4 Å². The highest BCUT2D eigenvalue weighted by Gasteiger charge is 2.23. The molecule has 1 fully saturated rings. The molecule has 1 atom stereocenters. The first kappa shape index (κ1) is 19.4. The van der Waals surface area contributed by atoms with Gasteiger partial charge in [-0.25, -0.2) is 4.79 Å². The third-order valence-corrected chi connectivity index (χ3v) is 4.30. The Morgan fingerprint density at radius 1 is 1.11 bits per heavy atom. The summed E-state index contributed by atoms with van der Waals surface area (Å²) < 4.78 is 10.4. The Kier molecular flexibility index (Phi) is 5.90. The molecule has 1 saturated heterocycles. The maximum absolute atomic E-state index is 12.5. The van der Waals surface area contributed by atoms with Crippen LogP contribution in [-0.2, 0) is 9.53 Å². The number of rotatable bonds is 6. The van der Waals surface area contributed by atoms with Crippen LogP contribution in [0.15, 0.2) is 42.5 Å². The highest BCUT2D eigenvalue weighted by atomic mass is 16.5. The largest absolute Gasteiger partial charge is 0.496 e. The van der Waals surface area contributed by atoms with Gasteiger partial charge in [0.25, 0.3) is 11.8 Å². The van der Waals surface area contributed by atoms with Gasteiger partial charge in [-0.3, -0.25) is 9.59 Å². The minimum absolute atomic E-state index is 0.000611. The fourth-order valence-electron chi connectivity index (χ4n) is 2.89. The standard InChI is InChI=1S/C20H20N2O6/c1-27-17-11-14(7-8-15(17)20(25)26)21-18(23)12-4-2-5-13(10-12)22-19(24)16-6-3-9-28-16/h2,4-5,7-8,10-11,16H,3,6,9H2,1H3,(H,21,23)(H,22,24)(H,25,26). The van der Waals surface area contributed by atoms with Crippen LogP contribution in [0, 0.1) is 0 Å². The summed E-state index contributed by atoms with van der Waals surface area (Å²) in [6.07, 6.45) is 1.07. The Balaban J connectivity index is 1.71. The van der Waals surface area contributed by atoms with E-state index in [-0.39, 0.29) is 17.2 Å². The van der Waals surface area contributed by atoms with Crippen molar-refractivity contribution in [1.29, 1.82) is 0 Å². The molecule has 0 bridgehead atoms. The second kappa shape index (κ2) is 8.53. The first-order chi connectivity index (χ1) is 13.5. The Labute approximate surface area is 161 Å². The third kappa shape index (κ3) is 4.47. The quantitative estimate of drug-likeness (QED) is 0.706. The maximum atomic E-state index is 12.5. The molecule has 3 rings (SSSR count). The Bertz CT molecular complexity index is 905. The van der Waals surface area contributed by atoms with Crippen molar-refractivity contribution in [3.8, 4) is 5.75 Å². The van der Waals surface area contributed by atoms with Crippen molar-refractivity contribution in [2.45, 2.75) is 18.9 Å². The molecule has 2 amide bonds. The number of carbonyl (C=O) groups excluding carboxylic acids is 2. The van der Waals surface area contributed by atoms with Gasteiger partial charge in [0, 0.05) is 29.6 Å². The average molecular weight is 384 g/mol. The van der Waals surface area contributed by atoms with E-state index < -0.39 is 18.0 Å². The lowest BCUT2D eigenvalue weighted by atomic mass is 10.1. The lowest BCUT2D eigenvalue weighted by Crippen LogP contribution is -2.27. The van der Waals surface area contributed by atoms with Crippen molar-refractivity contribution in [2.24, 2.45) is 0 Å². The van der Waals surface area contributed by atoms with E-state index in [2.05, 4.69) is 10.6 Å². The van der Waals surface area contributed by atoms with E-state index in [4.69, 9.17) is 14.6 Å². The zero-order chi connectivity index (χ0) is 20.1. The van der Waals surface area contributed by atoms with Crippen molar-refractivity contribution in [3.63, 3.8) is 0 Å². The third-order valence-electron chi connectivity index (χ3n) is 4.30. The smallest absolute Gasteiger partial charge is 0.339 e. The first-order valence-electron chi connectivity index (χ1n) is 8.73. The number of hydrogen-bond donors (Lipinski definition) is 3. The molecular weight excluding hydrogens is 364 g/mol. The summed E-state index contributed by atoms with van der Waals surface area (Å²) >= 11 is 0. The molecule has 2 aromatic rings. The topological polar surface area (TPSA) is 114 Å². The molecule has 0 spiro atoms. The van der Waals surface area contributed by atoms with E-state index in [9.17, 15) is 14.4 Å². The fourth-order valence-corrected chi connectivity index (χ4v) is 2.89. The molecule has 1 aliphatic rings. The number of carboxylic acids is 1. The molecule has 0 saturated carbocycles. The molecule has 0 aromatic heterocycles. The molecule has 0 radical (unpaired) electrons. The number of methoxy groups -OCH3 is 1. The fraction of sp³-hybridized carbons (Fsp3) is 0.250. The minimum Gasteiger partial charge on any atom is -0.496 e. The highest BCUT2D eigenvalue weighted by Crippen LogP contribution is 2.24. The number of hydrogen-bond acceptors (Lipinski definition) is 5. The Morgan fingerprint density at radius 3 is 2.57 bits per heavy atom. The Hall–Kier alpha value is -3.39. The number of ether oxygens (including phenoxy) is 2. The number of carboxylic acid groups (broad SMARTS) is 1. The average Bonchev–Trinajstić information content (AvgIpc) is 3.23. The first-order valence-corrected chi connectivity index (χ1v) is 8.73. The SMILES string of the molecule is COc1cc(NC(=O)c2cccc(NC(=O)C3CCCO3)c2)ccc1C(=O)O. The monoisotopic (exact) mass is 384 g/mol. The van der Waals surface area contributed by atoms with Gasteiger partial charge in [0.15, 0.2) is 0 Å². The predicted molar refractivity (Wildman–Crippen MR) is 102 cm³/mol. The number of nitrogens with one attached hydrogen (secondary N) is 2. The van der Waals surface area contributed by atoms with Gasteiger partial charge in [-0.2, -0.15) is 0 Å². The maximum Gasteiger partial charge on any atom is 0.339 e. The van der Waals surface area contributed by atoms with Crippen molar-refractivity contribution in [3.05, 3.63) is 53.6 Å². The molecule has 146 valence electrons. The second-order valence-electron chi connectivity index (χ2n) is 6.25. The summed E-state index contributed by atoms with van der Waals surface area (Å²) in [5.74, 6) is -1.62. The summed E-state index contributed by atoms with van der Waals surface area (Å²) in [6, 6.07) is 10.8. The van der Waals surface area contributed by atoms with Gasteiger partial charge < -0.3 is 25.2 Å².